The second kappa shape index (κ2) is 2.42. The topological polar surface area (TPSA) is 51.2 Å². The molecule has 0 fully saturated rings. The number of carbonyl (C=O) groups excluding carboxylic acids is 3. The Kier molecular flexibility index (Phi) is 1.61. The van der Waals surface area contributed by atoms with Gasteiger partial charge in [0.1, 0.15) is 5.94 Å². The van der Waals surface area contributed by atoms with E-state index in [9.17, 15) is 14.4 Å². The molecule has 3 heteroatoms. The predicted octanol–water partition coefficient (Wildman–Crippen LogP) is -0.157. The van der Waals surface area contributed by atoms with E-state index < -0.39 is 5.78 Å². The maximum absolute atomic E-state index is 10.6. The van der Waals surface area contributed by atoms with Crippen LogP contribution in [0, 0.1) is 0 Å². The first kappa shape index (κ1) is 6.65. The van der Waals surface area contributed by atoms with Crippen molar-refractivity contribution in [1.82, 2.24) is 0 Å². The van der Waals surface area contributed by atoms with Crippen molar-refractivity contribution in [1.29, 1.82) is 0 Å². The van der Waals surface area contributed by atoms with Gasteiger partial charge >= 0.3 is 0 Å². The van der Waals surface area contributed by atoms with Gasteiger partial charge in [-0.3, -0.25) is 9.59 Å². The Morgan fingerprint density at radius 3 is 2.50 bits per heavy atom. The van der Waals surface area contributed by atoms with Crippen LogP contribution in [-0.4, -0.2) is 17.5 Å². The smallest absolute Gasteiger partial charge is 0.193 e. The van der Waals surface area contributed by atoms with E-state index in [1.165, 1.54) is 12.0 Å². The molecule has 10 heavy (non-hydrogen) atoms. The van der Waals surface area contributed by atoms with Crippen molar-refractivity contribution in [2.75, 3.05) is 0 Å². The van der Waals surface area contributed by atoms with Crippen LogP contribution in [0.2, 0.25) is 0 Å². The summed E-state index contributed by atoms with van der Waals surface area (Å²) in [5.41, 5.74) is -0.0764. The van der Waals surface area contributed by atoms with Gasteiger partial charge in [-0.2, -0.15) is 0 Å². The molecule has 0 atom stereocenters. The van der Waals surface area contributed by atoms with Gasteiger partial charge in [0.2, 0.25) is 0 Å². The van der Waals surface area contributed by atoms with Gasteiger partial charge < -0.3 is 0 Å². The lowest BCUT2D eigenvalue weighted by Crippen LogP contribution is -2.10. The molecule has 1 aliphatic carbocycles. The fourth-order valence-corrected chi connectivity index (χ4v) is 0.676. The van der Waals surface area contributed by atoms with E-state index in [1.807, 2.05) is 0 Å². The highest BCUT2D eigenvalue weighted by atomic mass is 16.1. The summed E-state index contributed by atoms with van der Waals surface area (Å²) in [6, 6.07) is 0. The summed E-state index contributed by atoms with van der Waals surface area (Å²) in [7, 11) is 0. The predicted molar refractivity (Wildman–Crippen MR) is 33.0 cm³/mol. The van der Waals surface area contributed by atoms with E-state index in [2.05, 4.69) is 0 Å². The molecule has 0 aromatic rings. The molecule has 1 aliphatic rings. The van der Waals surface area contributed by atoms with Crippen LogP contribution in [0.15, 0.2) is 17.7 Å². The molecule has 1 rings (SSSR count). The van der Waals surface area contributed by atoms with Crippen molar-refractivity contribution in [2.45, 2.75) is 6.42 Å². The zero-order valence-corrected chi connectivity index (χ0v) is 5.09. The lowest BCUT2D eigenvalue weighted by molar-refractivity contribution is -0.117. The number of hydrogen-bond acceptors (Lipinski definition) is 3. The van der Waals surface area contributed by atoms with Gasteiger partial charge in [-0.1, -0.05) is 0 Å². The van der Waals surface area contributed by atoms with Crippen LogP contribution in [0.25, 0.3) is 0 Å². The first-order valence-corrected chi connectivity index (χ1v) is 2.73. The lowest BCUT2D eigenvalue weighted by Gasteiger charge is -1.99. The summed E-state index contributed by atoms with van der Waals surface area (Å²) in [4.78, 5) is 31.1. The highest BCUT2D eigenvalue weighted by molar-refractivity contribution is 6.18. The van der Waals surface area contributed by atoms with E-state index in [-0.39, 0.29) is 17.8 Å². The van der Waals surface area contributed by atoms with Gasteiger partial charge in [-0.25, -0.2) is 4.79 Å². The standard InChI is InChI=1S/C7H4O3/c8-4-5-3-6(9)1-2-7(5)10/h1-2H,3H2. The zero-order chi connectivity index (χ0) is 7.56. The van der Waals surface area contributed by atoms with Crippen molar-refractivity contribution >= 4 is 17.5 Å². The van der Waals surface area contributed by atoms with E-state index in [0.29, 0.717) is 0 Å². The molecule has 0 aliphatic heterocycles. The normalized spacial score (nSPS) is 17.4. The zero-order valence-electron chi connectivity index (χ0n) is 5.09. The molecule has 0 heterocycles. The van der Waals surface area contributed by atoms with Gasteiger partial charge in [-0.15, -0.1) is 0 Å². The molecule has 0 amide bonds. The highest BCUT2D eigenvalue weighted by Crippen LogP contribution is 2.06. The maximum Gasteiger partial charge on any atom is 0.193 e. The number of rotatable bonds is 0. The Morgan fingerprint density at radius 1 is 1.30 bits per heavy atom. The summed E-state index contributed by atoms with van der Waals surface area (Å²) in [5.74, 6) is 0.797. The summed E-state index contributed by atoms with van der Waals surface area (Å²) >= 11 is 0. The Hall–Kier alpha value is -1.47. The van der Waals surface area contributed by atoms with Crippen LogP contribution in [-0.2, 0) is 14.4 Å². The SMILES string of the molecule is O=C=C1CC(=O)C=CC1=O. The second-order valence-electron chi connectivity index (χ2n) is 1.92. The van der Waals surface area contributed by atoms with E-state index in [1.54, 1.807) is 0 Å². The molecule has 0 bridgehead atoms. The van der Waals surface area contributed by atoms with Gasteiger partial charge in [-0.05, 0) is 12.2 Å². The van der Waals surface area contributed by atoms with Gasteiger partial charge in [0.15, 0.2) is 11.6 Å². The molecule has 0 N–H and O–H groups in total. The maximum atomic E-state index is 10.6. The van der Waals surface area contributed by atoms with Gasteiger partial charge in [0.25, 0.3) is 0 Å². The first-order chi connectivity index (χ1) is 4.74. The molecule has 0 radical (unpaired) electrons. The Morgan fingerprint density at radius 2 is 2.00 bits per heavy atom. The molecular weight excluding hydrogens is 132 g/mol. The van der Waals surface area contributed by atoms with Crippen LogP contribution in [0.3, 0.4) is 0 Å². The van der Waals surface area contributed by atoms with E-state index in [4.69, 9.17) is 0 Å². The Balaban J connectivity index is 3.03. The van der Waals surface area contributed by atoms with Crippen molar-refractivity contribution < 1.29 is 14.4 Å². The lowest BCUT2D eigenvalue weighted by atomic mass is 10.0. The monoisotopic (exact) mass is 136 g/mol. The minimum absolute atomic E-state index is 0.0764. The average Bonchev–Trinajstić information content (AvgIpc) is 1.94. The van der Waals surface area contributed by atoms with Crippen LogP contribution >= 0.6 is 0 Å². The average molecular weight is 136 g/mol. The molecule has 50 valence electrons. The molecule has 0 aromatic heterocycles. The quantitative estimate of drug-likeness (QED) is 0.343. The molecule has 0 saturated carbocycles. The first-order valence-electron chi connectivity index (χ1n) is 2.73. The van der Waals surface area contributed by atoms with Crippen molar-refractivity contribution in [2.24, 2.45) is 0 Å². The third kappa shape index (κ3) is 1.09. The number of allylic oxidation sites excluding steroid dienone is 3. The summed E-state index contributed by atoms with van der Waals surface area (Å²) < 4.78 is 0. The second-order valence-corrected chi connectivity index (χ2v) is 1.92. The summed E-state index contributed by atoms with van der Waals surface area (Å²) in [6.45, 7) is 0. The van der Waals surface area contributed by atoms with Crippen LogP contribution in [0.5, 0.6) is 0 Å². The number of carbonyl (C=O) groups is 2. The Labute approximate surface area is 57.0 Å². The minimum atomic E-state index is -0.408. The number of ketones is 2. The largest absolute Gasteiger partial charge is 0.294 e. The minimum Gasteiger partial charge on any atom is -0.294 e. The fourth-order valence-electron chi connectivity index (χ4n) is 0.676. The number of hydrogen-bond donors (Lipinski definition) is 0. The highest BCUT2D eigenvalue weighted by Gasteiger charge is 2.15. The van der Waals surface area contributed by atoms with Crippen molar-refractivity contribution in [3.8, 4) is 0 Å². The van der Waals surface area contributed by atoms with Gasteiger partial charge in [0.05, 0.1) is 5.57 Å². The molecule has 0 spiro atoms. The van der Waals surface area contributed by atoms with E-state index >= 15 is 0 Å². The molecule has 3 nitrogen and oxygen atoms in total. The Bertz CT molecular complexity index is 267. The third-order valence-electron chi connectivity index (χ3n) is 1.19. The summed E-state index contributed by atoms with van der Waals surface area (Å²) in [6.07, 6.45) is 2.16. The molecular formula is C7H4O3. The van der Waals surface area contributed by atoms with Crippen molar-refractivity contribution in [3.05, 3.63) is 17.7 Å². The van der Waals surface area contributed by atoms with Crippen LogP contribution in [0.1, 0.15) is 6.42 Å². The van der Waals surface area contributed by atoms with Crippen LogP contribution in [0.4, 0.5) is 0 Å². The van der Waals surface area contributed by atoms with Crippen LogP contribution < -0.4 is 0 Å². The van der Waals surface area contributed by atoms with E-state index in [0.717, 1.165) is 6.08 Å². The fraction of sp³-hybridized carbons (Fsp3) is 0.143. The molecule has 0 aromatic carbocycles. The van der Waals surface area contributed by atoms with Gasteiger partial charge in [0, 0.05) is 6.42 Å². The summed E-state index contributed by atoms with van der Waals surface area (Å²) in [5, 5.41) is 0. The molecule has 0 unspecified atom stereocenters. The third-order valence-corrected chi connectivity index (χ3v) is 1.19. The van der Waals surface area contributed by atoms with Crippen molar-refractivity contribution in [3.63, 3.8) is 0 Å². The molecule has 0 saturated heterocycles.